The Balaban J connectivity index is 3.58. The van der Waals surface area contributed by atoms with Crippen LogP contribution in [-0.4, -0.2) is 12.1 Å². The quantitative estimate of drug-likeness (QED) is 0.427. The molecule has 0 aliphatic heterocycles. The molecule has 1 nitrogen and oxygen atoms in total. The minimum atomic E-state index is 0.641. The van der Waals surface area contributed by atoms with Crippen LogP contribution < -0.4 is 5.32 Å². The van der Waals surface area contributed by atoms with Gasteiger partial charge in [0.1, 0.15) is 0 Å². The van der Waals surface area contributed by atoms with Gasteiger partial charge in [-0.2, -0.15) is 0 Å². The number of hydrogen-bond donors (Lipinski definition) is 1. The van der Waals surface area contributed by atoms with E-state index in [9.17, 15) is 0 Å². The van der Waals surface area contributed by atoms with Crippen molar-refractivity contribution in [2.75, 3.05) is 0 Å². The summed E-state index contributed by atoms with van der Waals surface area (Å²) in [6.45, 7) is 15.3. The topological polar surface area (TPSA) is 12.0 Å². The third-order valence-corrected chi connectivity index (χ3v) is 3.99. The molecule has 0 aromatic rings. The van der Waals surface area contributed by atoms with Gasteiger partial charge in [-0.1, -0.05) is 46.1 Å². The third-order valence-electron chi connectivity index (χ3n) is 3.99. The molecule has 0 spiro atoms. The molecule has 0 aliphatic carbocycles. The summed E-state index contributed by atoms with van der Waals surface area (Å²) in [5, 5.41) is 3.71. The molecule has 0 saturated carbocycles. The zero-order valence-corrected chi connectivity index (χ0v) is 12.6. The molecule has 0 bridgehead atoms. The maximum absolute atomic E-state index is 3.83. The molecule has 102 valence electrons. The Labute approximate surface area is 109 Å². The zero-order chi connectivity index (χ0) is 13.3. The highest BCUT2D eigenvalue weighted by Gasteiger charge is 2.12. The number of hydrogen-bond acceptors (Lipinski definition) is 1. The standard InChI is InChI=1S/C16H33N/c1-7-13(3)11-9-10-12-15(5)17-16(6)14(4)8-2/h7,13-17H,1,8-12H2,2-6H3. The van der Waals surface area contributed by atoms with E-state index in [4.69, 9.17) is 0 Å². The lowest BCUT2D eigenvalue weighted by molar-refractivity contribution is 0.342. The van der Waals surface area contributed by atoms with Crippen molar-refractivity contribution in [3.8, 4) is 0 Å². The van der Waals surface area contributed by atoms with Crippen molar-refractivity contribution < 1.29 is 0 Å². The van der Waals surface area contributed by atoms with E-state index in [1.807, 2.05) is 0 Å². The highest BCUT2D eigenvalue weighted by atomic mass is 14.9. The Hall–Kier alpha value is -0.300. The van der Waals surface area contributed by atoms with Gasteiger partial charge in [0.15, 0.2) is 0 Å². The number of allylic oxidation sites excluding steroid dienone is 1. The highest BCUT2D eigenvalue weighted by molar-refractivity contribution is 4.75. The van der Waals surface area contributed by atoms with Crippen LogP contribution in [0.5, 0.6) is 0 Å². The molecule has 4 unspecified atom stereocenters. The van der Waals surface area contributed by atoms with Crippen LogP contribution >= 0.6 is 0 Å². The van der Waals surface area contributed by atoms with Gasteiger partial charge in [0.2, 0.25) is 0 Å². The molecule has 0 saturated heterocycles. The first-order valence-electron chi connectivity index (χ1n) is 7.39. The molecule has 0 heterocycles. The van der Waals surface area contributed by atoms with Crippen LogP contribution in [0.4, 0.5) is 0 Å². The molecule has 1 heteroatoms. The summed E-state index contributed by atoms with van der Waals surface area (Å²) in [5.41, 5.74) is 0. The molecule has 0 aliphatic rings. The van der Waals surface area contributed by atoms with Crippen molar-refractivity contribution in [1.29, 1.82) is 0 Å². The zero-order valence-electron chi connectivity index (χ0n) is 12.6. The molecule has 0 amide bonds. The number of nitrogens with one attached hydrogen (secondary N) is 1. The number of unbranched alkanes of at least 4 members (excludes halogenated alkanes) is 1. The predicted octanol–water partition coefficient (Wildman–Crippen LogP) is 4.78. The summed E-state index contributed by atoms with van der Waals surface area (Å²) in [5.74, 6) is 1.45. The van der Waals surface area contributed by atoms with Crippen LogP contribution in [0.2, 0.25) is 0 Å². The van der Waals surface area contributed by atoms with Crippen LogP contribution in [-0.2, 0) is 0 Å². The van der Waals surface area contributed by atoms with Gasteiger partial charge in [-0.05, 0) is 38.5 Å². The Kier molecular flexibility index (Phi) is 9.53. The lowest BCUT2D eigenvalue weighted by Gasteiger charge is -2.24. The van der Waals surface area contributed by atoms with E-state index in [1.165, 1.54) is 32.1 Å². The van der Waals surface area contributed by atoms with Crippen LogP contribution in [0.25, 0.3) is 0 Å². The lowest BCUT2D eigenvalue weighted by atomic mass is 9.98. The smallest absolute Gasteiger partial charge is 0.00667 e. The number of rotatable bonds is 10. The van der Waals surface area contributed by atoms with E-state index in [2.05, 4.69) is 52.6 Å². The van der Waals surface area contributed by atoms with Gasteiger partial charge < -0.3 is 5.32 Å². The second-order valence-corrected chi connectivity index (χ2v) is 5.74. The SMILES string of the molecule is C=CC(C)CCCCC(C)NC(C)C(C)CC. The summed E-state index contributed by atoms with van der Waals surface area (Å²) in [4.78, 5) is 0. The van der Waals surface area contributed by atoms with Crippen molar-refractivity contribution in [3.63, 3.8) is 0 Å². The molecule has 0 radical (unpaired) electrons. The van der Waals surface area contributed by atoms with Gasteiger partial charge in [-0.3, -0.25) is 0 Å². The Morgan fingerprint density at radius 2 is 1.65 bits per heavy atom. The van der Waals surface area contributed by atoms with Crippen LogP contribution in [0, 0.1) is 11.8 Å². The summed E-state index contributed by atoms with van der Waals surface area (Å²) in [6, 6.07) is 1.29. The Morgan fingerprint density at radius 1 is 1.06 bits per heavy atom. The van der Waals surface area contributed by atoms with E-state index >= 15 is 0 Å². The van der Waals surface area contributed by atoms with Crippen LogP contribution in [0.1, 0.15) is 66.7 Å². The van der Waals surface area contributed by atoms with Crippen molar-refractivity contribution >= 4 is 0 Å². The van der Waals surface area contributed by atoms with E-state index in [0.717, 1.165) is 5.92 Å². The third kappa shape index (κ3) is 8.43. The minimum absolute atomic E-state index is 0.641. The molecule has 0 aromatic carbocycles. The van der Waals surface area contributed by atoms with Crippen molar-refractivity contribution in [2.45, 2.75) is 78.8 Å². The maximum Gasteiger partial charge on any atom is 0.00667 e. The van der Waals surface area contributed by atoms with Gasteiger partial charge >= 0.3 is 0 Å². The van der Waals surface area contributed by atoms with Gasteiger partial charge in [-0.15, -0.1) is 6.58 Å². The summed E-state index contributed by atoms with van der Waals surface area (Å²) in [7, 11) is 0. The Bertz CT molecular complexity index is 188. The molecule has 17 heavy (non-hydrogen) atoms. The maximum atomic E-state index is 3.83. The van der Waals surface area contributed by atoms with Crippen molar-refractivity contribution in [2.24, 2.45) is 11.8 Å². The predicted molar refractivity (Wildman–Crippen MR) is 79.3 cm³/mol. The van der Waals surface area contributed by atoms with Gasteiger partial charge in [0.05, 0.1) is 0 Å². The summed E-state index contributed by atoms with van der Waals surface area (Å²) in [6.07, 6.45) is 8.57. The summed E-state index contributed by atoms with van der Waals surface area (Å²) >= 11 is 0. The van der Waals surface area contributed by atoms with Crippen LogP contribution in [0.15, 0.2) is 12.7 Å². The molecule has 1 N–H and O–H groups in total. The van der Waals surface area contributed by atoms with Gasteiger partial charge in [0.25, 0.3) is 0 Å². The fourth-order valence-electron chi connectivity index (χ4n) is 2.08. The van der Waals surface area contributed by atoms with E-state index in [1.54, 1.807) is 0 Å². The average Bonchev–Trinajstić information content (AvgIpc) is 2.32. The largest absolute Gasteiger partial charge is 0.312 e. The fourth-order valence-corrected chi connectivity index (χ4v) is 2.08. The molecular weight excluding hydrogens is 206 g/mol. The average molecular weight is 239 g/mol. The molecule has 0 fully saturated rings. The van der Waals surface area contributed by atoms with E-state index < -0.39 is 0 Å². The van der Waals surface area contributed by atoms with Gasteiger partial charge in [0, 0.05) is 12.1 Å². The first kappa shape index (κ1) is 16.7. The molecule has 0 rings (SSSR count). The normalized spacial score (nSPS) is 18.4. The second-order valence-electron chi connectivity index (χ2n) is 5.74. The fraction of sp³-hybridized carbons (Fsp3) is 0.875. The summed E-state index contributed by atoms with van der Waals surface area (Å²) < 4.78 is 0. The molecule has 4 atom stereocenters. The highest BCUT2D eigenvalue weighted by Crippen LogP contribution is 2.13. The van der Waals surface area contributed by atoms with Crippen molar-refractivity contribution in [3.05, 3.63) is 12.7 Å². The first-order valence-corrected chi connectivity index (χ1v) is 7.39. The van der Waals surface area contributed by atoms with Gasteiger partial charge in [-0.25, -0.2) is 0 Å². The molecule has 0 aromatic heterocycles. The molecular formula is C16H33N. The monoisotopic (exact) mass is 239 g/mol. The Morgan fingerprint density at radius 3 is 2.18 bits per heavy atom. The van der Waals surface area contributed by atoms with E-state index in [0.29, 0.717) is 18.0 Å². The first-order chi connectivity index (χ1) is 8.01. The van der Waals surface area contributed by atoms with Crippen LogP contribution in [0.3, 0.4) is 0 Å². The minimum Gasteiger partial charge on any atom is -0.312 e. The van der Waals surface area contributed by atoms with E-state index in [-0.39, 0.29) is 0 Å². The second kappa shape index (κ2) is 9.70. The van der Waals surface area contributed by atoms with Crippen molar-refractivity contribution in [1.82, 2.24) is 5.32 Å². The lowest BCUT2D eigenvalue weighted by Crippen LogP contribution is -2.38.